The van der Waals surface area contributed by atoms with Gasteiger partial charge in [0.25, 0.3) is 0 Å². The van der Waals surface area contributed by atoms with E-state index in [1.807, 2.05) is 48.3 Å². The van der Waals surface area contributed by atoms with Crippen LogP contribution in [0.25, 0.3) is 11.4 Å². The number of hydrogen-bond acceptors (Lipinski definition) is 5. The molecule has 0 bridgehead atoms. The van der Waals surface area contributed by atoms with Crippen molar-refractivity contribution in [1.29, 1.82) is 0 Å². The van der Waals surface area contributed by atoms with Crippen LogP contribution in [0.1, 0.15) is 19.2 Å². The number of nitrogens with zero attached hydrogens (tertiary/aromatic N) is 4. The fourth-order valence-corrected chi connectivity index (χ4v) is 2.07. The van der Waals surface area contributed by atoms with E-state index < -0.39 is 0 Å². The maximum absolute atomic E-state index is 5.72. The lowest BCUT2D eigenvalue weighted by Crippen LogP contribution is -2.02. The standard InChI is InChI=1S/C16H18N4O2/c1-2-15-18-16(19-22-15)13-4-6-14(7-5-13)21-11-3-9-20-10-8-17-12-20/h4-8,10,12H,2-3,9,11H2,1H3. The highest BCUT2D eigenvalue weighted by Crippen LogP contribution is 2.20. The van der Waals surface area contributed by atoms with E-state index in [2.05, 4.69) is 15.1 Å². The Balaban J connectivity index is 1.50. The van der Waals surface area contributed by atoms with Gasteiger partial charge in [-0.15, -0.1) is 0 Å². The summed E-state index contributed by atoms with van der Waals surface area (Å²) in [5.74, 6) is 2.10. The Kier molecular flexibility index (Phi) is 4.48. The average Bonchev–Trinajstić information content (AvgIpc) is 3.23. The molecule has 114 valence electrons. The summed E-state index contributed by atoms with van der Waals surface area (Å²) in [6.45, 7) is 3.55. The maximum atomic E-state index is 5.72. The van der Waals surface area contributed by atoms with Crippen LogP contribution in [0.5, 0.6) is 5.75 Å². The van der Waals surface area contributed by atoms with Crippen LogP contribution in [0.4, 0.5) is 0 Å². The molecule has 0 amide bonds. The highest BCUT2D eigenvalue weighted by atomic mass is 16.5. The molecule has 0 saturated heterocycles. The molecule has 3 rings (SSSR count). The maximum Gasteiger partial charge on any atom is 0.226 e. The van der Waals surface area contributed by atoms with E-state index in [0.29, 0.717) is 18.3 Å². The normalized spacial score (nSPS) is 10.8. The lowest BCUT2D eigenvalue weighted by molar-refractivity contribution is 0.302. The second kappa shape index (κ2) is 6.89. The first-order valence-electron chi connectivity index (χ1n) is 7.36. The highest BCUT2D eigenvalue weighted by molar-refractivity contribution is 5.55. The zero-order valence-corrected chi connectivity index (χ0v) is 12.5. The number of hydrogen-bond donors (Lipinski definition) is 0. The second-order valence-electron chi connectivity index (χ2n) is 4.89. The van der Waals surface area contributed by atoms with Gasteiger partial charge in [0, 0.05) is 30.9 Å². The third kappa shape index (κ3) is 3.52. The fourth-order valence-electron chi connectivity index (χ4n) is 2.07. The van der Waals surface area contributed by atoms with Gasteiger partial charge in [-0.3, -0.25) is 0 Å². The molecule has 0 atom stereocenters. The van der Waals surface area contributed by atoms with Crippen LogP contribution in [-0.4, -0.2) is 26.3 Å². The molecule has 0 saturated carbocycles. The first-order chi connectivity index (χ1) is 10.8. The van der Waals surface area contributed by atoms with Crippen LogP contribution in [0.3, 0.4) is 0 Å². The lowest BCUT2D eigenvalue weighted by atomic mass is 10.2. The number of rotatable bonds is 7. The van der Waals surface area contributed by atoms with Crippen LogP contribution in [0.2, 0.25) is 0 Å². The fraction of sp³-hybridized carbons (Fsp3) is 0.312. The molecule has 0 aliphatic rings. The van der Waals surface area contributed by atoms with Crippen LogP contribution >= 0.6 is 0 Å². The molecule has 0 radical (unpaired) electrons. The number of benzene rings is 1. The van der Waals surface area contributed by atoms with Crippen molar-refractivity contribution in [2.75, 3.05) is 6.61 Å². The van der Waals surface area contributed by atoms with E-state index in [-0.39, 0.29) is 0 Å². The predicted octanol–water partition coefficient (Wildman–Crippen LogP) is 2.96. The van der Waals surface area contributed by atoms with Gasteiger partial charge in [0.05, 0.1) is 12.9 Å². The van der Waals surface area contributed by atoms with Crippen molar-refractivity contribution in [3.05, 3.63) is 48.9 Å². The second-order valence-corrected chi connectivity index (χ2v) is 4.89. The SMILES string of the molecule is CCc1nc(-c2ccc(OCCCn3ccnc3)cc2)no1. The largest absolute Gasteiger partial charge is 0.494 e. The molecule has 6 heteroatoms. The molecule has 0 aliphatic carbocycles. The minimum absolute atomic E-state index is 0.614. The van der Waals surface area contributed by atoms with Crippen molar-refractivity contribution < 1.29 is 9.26 Å². The van der Waals surface area contributed by atoms with Gasteiger partial charge in [-0.25, -0.2) is 4.98 Å². The molecule has 22 heavy (non-hydrogen) atoms. The van der Waals surface area contributed by atoms with Crippen LogP contribution < -0.4 is 4.74 Å². The summed E-state index contributed by atoms with van der Waals surface area (Å²) < 4.78 is 12.9. The van der Waals surface area contributed by atoms with Gasteiger partial charge in [-0.2, -0.15) is 4.98 Å². The summed E-state index contributed by atoms with van der Waals surface area (Å²) in [6, 6.07) is 7.73. The van der Waals surface area contributed by atoms with Gasteiger partial charge in [-0.1, -0.05) is 12.1 Å². The third-order valence-electron chi connectivity index (χ3n) is 3.27. The summed E-state index contributed by atoms with van der Waals surface area (Å²) in [7, 11) is 0. The van der Waals surface area contributed by atoms with E-state index in [1.165, 1.54) is 0 Å². The Labute approximate surface area is 128 Å². The summed E-state index contributed by atoms with van der Waals surface area (Å²) in [5.41, 5.74) is 0.925. The number of aromatic nitrogens is 4. The van der Waals surface area contributed by atoms with Crippen molar-refractivity contribution in [3.8, 4) is 17.1 Å². The van der Waals surface area contributed by atoms with E-state index in [1.54, 1.807) is 6.20 Å². The molecule has 3 aromatic rings. The van der Waals surface area contributed by atoms with Crippen molar-refractivity contribution >= 4 is 0 Å². The average molecular weight is 298 g/mol. The van der Waals surface area contributed by atoms with Crippen LogP contribution in [-0.2, 0) is 13.0 Å². The summed E-state index contributed by atoms with van der Waals surface area (Å²) in [6.07, 6.45) is 7.21. The number of aryl methyl sites for hydroxylation is 2. The lowest BCUT2D eigenvalue weighted by Gasteiger charge is -2.06. The molecule has 0 spiro atoms. The zero-order valence-electron chi connectivity index (χ0n) is 12.5. The Bertz CT molecular complexity index is 689. The zero-order chi connectivity index (χ0) is 15.2. The third-order valence-corrected chi connectivity index (χ3v) is 3.27. The van der Waals surface area contributed by atoms with Crippen LogP contribution in [0, 0.1) is 0 Å². The van der Waals surface area contributed by atoms with E-state index >= 15 is 0 Å². The quantitative estimate of drug-likeness (QED) is 0.627. The summed E-state index contributed by atoms with van der Waals surface area (Å²) in [4.78, 5) is 8.31. The molecule has 0 fully saturated rings. The minimum Gasteiger partial charge on any atom is -0.494 e. The van der Waals surface area contributed by atoms with Crippen molar-refractivity contribution in [2.45, 2.75) is 26.3 Å². The Hall–Kier alpha value is -2.63. The minimum atomic E-state index is 0.614. The monoisotopic (exact) mass is 298 g/mol. The van der Waals surface area contributed by atoms with Crippen LogP contribution in [0.15, 0.2) is 47.5 Å². The van der Waals surface area contributed by atoms with E-state index in [9.17, 15) is 0 Å². The van der Waals surface area contributed by atoms with E-state index in [4.69, 9.17) is 9.26 Å². The first kappa shape index (κ1) is 14.3. The van der Waals surface area contributed by atoms with Gasteiger partial charge >= 0.3 is 0 Å². The Morgan fingerprint density at radius 2 is 2.09 bits per heavy atom. The molecule has 0 unspecified atom stereocenters. The molecule has 6 nitrogen and oxygen atoms in total. The Morgan fingerprint density at radius 1 is 1.23 bits per heavy atom. The van der Waals surface area contributed by atoms with Crippen molar-refractivity contribution in [2.24, 2.45) is 0 Å². The first-order valence-corrected chi connectivity index (χ1v) is 7.36. The molecule has 0 aliphatic heterocycles. The van der Waals surface area contributed by atoms with Gasteiger partial charge in [-0.05, 0) is 30.7 Å². The molecular formula is C16H18N4O2. The molecule has 2 aromatic heterocycles. The van der Waals surface area contributed by atoms with Gasteiger partial charge < -0.3 is 13.8 Å². The highest BCUT2D eigenvalue weighted by Gasteiger charge is 2.07. The van der Waals surface area contributed by atoms with Gasteiger partial charge in [0.15, 0.2) is 0 Å². The van der Waals surface area contributed by atoms with Crippen molar-refractivity contribution in [3.63, 3.8) is 0 Å². The molecule has 1 aromatic carbocycles. The molecule has 2 heterocycles. The number of imidazole rings is 1. The number of ether oxygens (including phenoxy) is 1. The van der Waals surface area contributed by atoms with E-state index in [0.717, 1.165) is 30.7 Å². The Morgan fingerprint density at radius 3 is 2.77 bits per heavy atom. The smallest absolute Gasteiger partial charge is 0.226 e. The summed E-state index contributed by atoms with van der Waals surface area (Å²) in [5, 5.41) is 3.96. The van der Waals surface area contributed by atoms with Gasteiger partial charge in [0.2, 0.25) is 11.7 Å². The van der Waals surface area contributed by atoms with Gasteiger partial charge in [0.1, 0.15) is 5.75 Å². The molecular weight excluding hydrogens is 280 g/mol. The predicted molar refractivity (Wildman–Crippen MR) is 81.5 cm³/mol. The summed E-state index contributed by atoms with van der Waals surface area (Å²) >= 11 is 0. The topological polar surface area (TPSA) is 66.0 Å². The molecule has 0 N–H and O–H groups in total. The van der Waals surface area contributed by atoms with Crippen molar-refractivity contribution in [1.82, 2.24) is 19.7 Å².